The zero-order chi connectivity index (χ0) is 20.0. The number of anilines is 2. The van der Waals surface area contributed by atoms with Crippen LogP contribution < -0.4 is 5.32 Å². The van der Waals surface area contributed by atoms with E-state index in [1.807, 2.05) is 6.07 Å². The first kappa shape index (κ1) is 17.2. The van der Waals surface area contributed by atoms with E-state index in [2.05, 4.69) is 5.32 Å². The Morgan fingerprint density at radius 2 is 1.57 bits per heavy atom. The molecular weight excluding hydrogens is 364 g/mol. The summed E-state index contributed by atoms with van der Waals surface area (Å²) in [5, 5.41) is 34.6. The zero-order valence-electron chi connectivity index (χ0n) is 14.2. The van der Waals surface area contributed by atoms with Crippen molar-refractivity contribution in [3.63, 3.8) is 0 Å². The molecule has 0 fully saturated rings. The fourth-order valence-electron chi connectivity index (χ4n) is 3.23. The maximum absolute atomic E-state index is 13.0. The third-order valence-electron chi connectivity index (χ3n) is 4.47. The number of nitro benzene ring substituents is 1. The molecule has 3 N–H and O–H groups in total. The van der Waals surface area contributed by atoms with E-state index in [1.54, 1.807) is 24.3 Å². The molecule has 28 heavy (non-hydrogen) atoms. The number of rotatable bonds is 3. The molecule has 0 saturated heterocycles. The molecule has 8 nitrogen and oxygen atoms in total. The number of carbonyl (C=O) groups is 2. The molecule has 0 heterocycles. The monoisotopic (exact) mass is 376 g/mol. The minimum Gasteiger partial charge on any atom is -0.508 e. The predicted molar refractivity (Wildman–Crippen MR) is 99.5 cm³/mol. The Hall–Kier alpha value is -4.20. The van der Waals surface area contributed by atoms with Gasteiger partial charge in [0.25, 0.3) is 5.69 Å². The molecular formula is C20H12N2O6. The summed E-state index contributed by atoms with van der Waals surface area (Å²) in [6, 6.07) is 13.5. The van der Waals surface area contributed by atoms with Crippen LogP contribution in [0.2, 0.25) is 0 Å². The van der Waals surface area contributed by atoms with E-state index in [0.29, 0.717) is 5.69 Å². The van der Waals surface area contributed by atoms with Crippen molar-refractivity contribution in [1.82, 2.24) is 0 Å². The predicted octanol–water partition coefficient (Wildman–Crippen LogP) is 3.53. The van der Waals surface area contributed by atoms with E-state index in [1.165, 1.54) is 12.1 Å². The lowest BCUT2D eigenvalue weighted by Gasteiger charge is -2.20. The van der Waals surface area contributed by atoms with Gasteiger partial charge in [-0.25, -0.2) is 0 Å². The van der Waals surface area contributed by atoms with Crippen LogP contribution in [0.3, 0.4) is 0 Å². The zero-order valence-corrected chi connectivity index (χ0v) is 14.2. The highest BCUT2D eigenvalue weighted by Crippen LogP contribution is 2.42. The maximum atomic E-state index is 13.0. The van der Waals surface area contributed by atoms with Crippen molar-refractivity contribution in [2.24, 2.45) is 0 Å². The number of hydrogen-bond donors (Lipinski definition) is 3. The molecule has 3 aromatic carbocycles. The SMILES string of the molecule is O=C1c2cc(O)cc([N+](=O)[O-])c2C(=O)c2c1ccc(Nc1ccccc1)c2O. The number of nitro groups is 1. The van der Waals surface area contributed by atoms with Gasteiger partial charge in [-0.2, -0.15) is 0 Å². The normalized spacial score (nSPS) is 12.3. The largest absolute Gasteiger partial charge is 0.508 e. The molecule has 1 aliphatic carbocycles. The molecule has 8 heteroatoms. The molecule has 0 bridgehead atoms. The van der Waals surface area contributed by atoms with Crippen LogP contribution in [0.1, 0.15) is 31.8 Å². The topological polar surface area (TPSA) is 130 Å². The second kappa shape index (κ2) is 6.20. The second-order valence-electron chi connectivity index (χ2n) is 6.18. The number of benzene rings is 3. The van der Waals surface area contributed by atoms with Gasteiger partial charge in [-0.1, -0.05) is 18.2 Å². The summed E-state index contributed by atoms with van der Waals surface area (Å²) < 4.78 is 0. The number of phenols is 2. The highest BCUT2D eigenvalue weighted by atomic mass is 16.6. The van der Waals surface area contributed by atoms with Crippen molar-refractivity contribution in [2.75, 3.05) is 5.32 Å². The highest BCUT2D eigenvalue weighted by Gasteiger charge is 2.38. The summed E-state index contributed by atoms with van der Waals surface area (Å²) >= 11 is 0. The molecule has 0 aliphatic heterocycles. The van der Waals surface area contributed by atoms with Gasteiger partial charge in [0.05, 0.1) is 22.2 Å². The number of nitrogens with zero attached hydrogens (tertiary/aromatic N) is 1. The molecule has 0 amide bonds. The quantitative estimate of drug-likeness (QED) is 0.283. The minimum atomic E-state index is -0.856. The van der Waals surface area contributed by atoms with Crippen LogP contribution in [0, 0.1) is 10.1 Å². The molecule has 0 atom stereocenters. The molecule has 0 saturated carbocycles. The summed E-state index contributed by atoms with van der Waals surface area (Å²) in [7, 11) is 0. The lowest BCUT2D eigenvalue weighted by molar-refractivity contribution is -0.385. The third-order valence-corrected chi connectivity index (χ3v) is 4.47. The smallest absolute Gasteiger partial charge is 0.285 e. The van der Waals surface area contributed by atoms with Crippen LogP contribution in [-0.4, -0.2) is 26.7 Å². The maximum Gasteiger partial charge on any atom is 0.285 e. The Morgan fingerprint density at radius 3 is 2.25 bits per heavy atom. The Labute approximate surface area is 157 Å². The summed E-state index contributed by atoms with van der Waals surface area (Å²) in [6.45, 7) is 0. The number of carbonyl (C=O) groups excluding carboxylic acids is 2. The highest BCUT2D eigenvalue weighted by molar-refractivity contribution is 6.31. The van der Waals surface area contributed by atoms with E-state index in [0.717, 1.165) is 12.1 Å². The summed E-state index contributed by atoms with van der Waals surface area (Å²) in [6.07, 6.45) is 0. The minimum absolute atomic E-state index is 0.0893. The average Bonchev–Trinajstić information content (AvgIpc) is 2.67. The average molecular weight is 376 g/mol. The Bertz CT molecular complexity index is 1170. The lowest BCUT2D eigenvalue weighted by Crippen LogP contribution is -2.22. The number of hydrogen-bond acceptors (Lipinski definition) is 7. The Balaban J connectivity index is 1.90. The van der Waals surface area contributed by atoms with Crippen molar-refractivity contribution in [3.05, 3.63) is 87.0 Å². The van der Waals surface area contributed by atoms with E-state index in [9.17, 15) is 29.9 Å². The first-order valence-corrected chi connectivity index (χ1v) is 8.17. The summed E-state index contributed by atoms with van der Waals surface area (Å²) in [5.41, 5.74) is -1.000. The molecule has 3 aromatic rings. The van der Waals surface area contributed by atoms with Crippen molar-refractivity contribution < 1.29 is 24.7 Å². The fourth-order valence-corrected chi connectivity index (χ4v) is 3.23. The van der Waals surface area contributed by atoms with Crippen molar-refractivity contribution in [2.45, 2.75) is 0 Å². The van der Waals surface area contributed by atoms with Gasteiger partial charge in [0, 0.05) is 16.8 Å². The number of phenolic OH excluding ortho intramolecular Hbond substituents is 2. The van der Waals surface area contributed by atoms with E-state index >= 15 is 0 Å². The number of fused-ring (bicyclic) bond motifs is 2. The summed E-state index contributed by atoms with van der Waals surface area (Å²) in [4.78, 5) is 36.3. The van der Waals surface area contributed by atoms with Crippen LogP contribution in [0.25, 0.3) is 0 Å². The molecule has 0 radical (unpaired) electrons. The second-order valence-corrected chi connectivity index (χ2v) is 6.18. The van der Waals surface area contributed by atoms with Crippen molar-refractivity contribution >= 4 is 28.6 Å². The molecule has 0 aromatic heterocycles. The third kappa shape index (κ3) is 2.55. The molecule has 4 rings (SSSR count). The van der Waals surface area contributed by atoms with E-state index < -0.39 is 39.2 Å². The molecule has 1 aliphatic rings. The number of nitrogens with one attached hydrogen (secondary N) is 1. The van der Waals surface area contributed by atoms with Crippen LogP contribution in [0.5, 0.6) is 11.5 Å². The van der Waals surface area contributed by atoms with Gasteiger partial charge in [0.1, 0.15) is 11.3 Å². The van der Waals surface area contributed by atoms with Gasteiger partial charge >= 0.3 is 0 Å². The van der Waals surface area contributed by atoms with Crippen molar-refractivity contribution in [3.8, 4) is 11.5 Å². The fraction of sp³-hybridized carbons (Fsp3) is 0. The first-order chi connectivity index (χ1) is 13.4. The number of aromatic hydroxyl groups is 2. The number of ketones is 2. The van der Waals surface area contributed by atoms with E-state index in [-0.39, 0.29) is 22.4 Å². The van der Waals surface area contributed by atoms with Crippen LogP contribution in [0.15, 0.2) is 54.6 Å². The van der Waals surface area contributed by atoms with Gasteiger partial charge in [0.15, 0.2) is 11.5 Å². The molecule has 0 spiro atoms. The summed E-state index contributed by atoms with van der Waals surface area (Å²) in [5.74, 6) is -2.52. The standard InChI is InChI=1S/C20H12N2O6/c23-11-8-13-16(15(9-11)22(27)28)20(26)17-12(18(13)24)6-7-14(19(17)25)21-10-4-2-1-3-5-10/h1-9,21,23,25H. The molecule has 0 unspecified atom stereocenters. The number of para-hydroxylation sites is 1. The Morgan fingerprint density at radius 1 is 0.857 bits per heavy atom. The van der Waals surface area contributed by atoms with Gasteiger partial charge in [-0.05, 0) is 30.3 Å². The molecule has 138 valence electrons. The Kier molecular flexibility index (Phi) is 3.82. The lowest BCUT2D eigenvalue weighted by atomic mass is 9.82. The van der Waals surface area contributed by atoms with Gasteiger partial charge in [0.2, 0.25) is 5.78 Å². The van der Waals surface area contributed by atoms with Gasteiger partial charge in [-0.3, -0.25) is 19.7 Å². The van der Waals surface area contributed by atoms with Gasteiger partial charge < -0.3 is 15.5 Å². The van der Waals surface area contributed by atoms with Crippen LogP contribution in [-0.2, 0) is 0 Å². The van der Waals surface area contributed by atoms with Crippen molar-refractivity contribution in [1.29, 1.82) is 0 Å². The van der Waals surface area contributed by atoms with E-state index in [4.69, 9.17) is 0 Å². The van der Waals surface area contributed by atoms with Gasteiger partial charge in [-0.15, -0.1) is 0 Å². The first-order valence-electron chi connectivity index (χ1n) is 8.17. The van der Waals surface area contributed by atoms with Crippen LogP contribution in [0.4, 0.5) is 17.1 Å². The van der Waals surface area contributed by atoms with Crippen LogP contribution >= 0.6 is 0 Å².